The molecule has 0 bridgehead atoms. The first-order valence-electron chi connectivity index (χ1n) is 9.82. The number of hydrogen-bond donors (Lipinski definition) is 0. The summed E-state index contributed by atoms with van der Waals surface area (Å²) in [5.74, 6) is -0.533. The summed E-state index contributed by atoms with van der Waals surface area (Å²) in [6.45, 7) is 3.42. The quantitative estimate of drug-likeness (QED) is 0.642. The number of esters is 1. The standard InChI is InChI=1S/C22H21N3O4/c1-14-6-7-17-19(23-14)22(29-20(17)27)8-10-25(11-9-22)21-24-18(26)12-15-4-2-3-5-16(15)13-28-21/h2-7H,8-13H2,1H3. The molecule has 0 atom stereocenters. The Labute approximate surface area is 168 Å². The summed E-state index contributed by atoms with van der Waals surface area (Å²) in [4.78, 5) is 35.4. The average Bonchev–Trinajstić information content (AvgIpc) is 2.96. The molecule has 1 amide bonds. The van der Waals surface area contributed by atoms with E-state index in [-0.39, 0.29) is 18.3 Å². The van der Waals surface area contributed by atoms with E-state index >= 15 is 0 Å². The van der Waals surface area contributed by atoms with Crippen LogP contribution in [0.3, 0.4) is 0 Å². The summed E-state index contributed by atoms with van der Waals surface area (Å²) < 4.78 is 11.7. The zero-order chi connectivity index (χ0) is 20.0. The van der Waals surface area contributed by atoms with Crippen molar-refractivity contribution >= 4 is 17.9 Å². The van der Waals surface area contributed by atoms with Crippen LogP contribution < -0.4 is 0 Å². The van der Waals surface area contributed by atoms with Gasteiger partial charge in [-0.15, -0.1) is 0 Å². The first-order chi connectivity index (χ1) is 14.0. The molecule has 0 aliphatic carbocycles. The molecule has 1 fully saturated rings. The van der Waals surface area contributed by atoms with Gasteiger partial charge in [-0.3, -0.25) is 9.78 Å². The number of hydrogen-bond acceptors (Lipinski definition) is 6. The molecule has 3 aliphatic heterocycles. The van der Waals surface area contributed by atoms with Crippen LogP contribution in [0, 0.1) is 6.92 Å². The van der Waals surface area contributed by atoms with Crippen LogP contribution in [0.1, 0.15) is 45.7 Å². The average molecular weight is 391 g/mol. The molecule has 0 saturated carbocycles. The summed E-state index contributed by atoms with van der Waals surface area (Å²) >= 11 is 0. The van der Waals surface area contributed by atoms with Crippen molar-refractivity contribution < 1.29 is 19.1 Å². The minimum atomic E-state index is -0.701. The number of benzene rings is 1. The second-order valence-electron chi connectivity index (χ2n) is 7.74. The molecule has 4 heterocycles. The van der Waals surface area contributed by atoms with Crippen LogP contribution in [-0.2, 0) is 32.9 Å². The second kappa shape index (κ2) is 6.69. The molecule has 5 rings (SSSR count). The predicted molar refractivity (Wildman–Crippen MR) is 104 cm³/mol. The zero-order valence-corrected chi connectivity index (χ0v) is 16.2. The van der Waals surface area contributed by atoms with Crippen molar-refractivity contribution in [3.63, 3.8) is 0 Å². The van der Waals surface area contributed by atoms with Crippen LogP contribution in [0.2, 0.25) is 0 Å². The SMILES string of the molecule is Cc1ccc2c(n1)C1(CCN(C3=NC(=O)Cc4ccccc4CO3)CC1)OC2=O. The summed E-state index contributed by atoms with van der Waals surface area (Å²) in [5, 5.41) is 0. The molecule has 0 unspecified atom stereocenters. The molecule has 1 aromatic carbocycles. The molecule has 29 heavy (non-hydrogen) atoms. The van der Waals surface area contributed by atoms with E-state index in [9.17, 15) is 9.59 Å². The third kappa shape index (κ3) is 3.06. The maximum Gasteiger partial charge on any atom is 0.341 e. The Morgan fingerprint density at radius 2 is 1.79 bits per heavy atom. The number of pyridine rings is 1. The van der Waals surface area contributed by atoms with Crippen molar-refractivity contribution in [1.82, 2.24) is 9.88 Å². The molecule has 0 N–H and O–H groups in total. The fraction of sp³-hybridized carbons (Fsp3) is 0.364. The summed E-state index contributed by atoms with van der Waals surface area (Å²) in [5.41, 5.74) is 3.39. The van der Waals surface area contributed by atoms with Gasteiger partial charge in [0.1, 0.15) is 6.61 Å². The zero-order valence-electron chi connectivity index (χ0n) is 16.2. The monoisotopic (exact) mass is 391 g/mol. The van der Waals surface area contributed by atoms with Gasteiger partial charge in [0.15, 0.2) is 5.60 Å². The molecule has 1 spiro atoms. The summed E-state index contributed by atoms with van der Waals surface area (Å²) in [6.07, 6.45) is 1.43. The minimum Gasteiger partial charge on any atom is -0.460 e. The van der Waals surface area contributed by atoms with Crippen molar-refractivity contribution in [2.45, 2.75) is 38.4 Å². The fourth-order valence-electron chi connectivity index (χ4n) is 4.26. The van der Waals surface area contributed by atoms with Crippen LogP contribution >= 0.6 is 0 Å². The highest BCUT2D eigenvalue weighted by Crippen LogP contribution is 2.43. The number of nitrogens with zero attached hydrogens (tertiary/aromatic N) is 3. The minimum absolute atomic E-state index is 0.220. The highest BCUT2D eigenvalue weighted by Gasteiger charge is 2.49. The van der Waals surface area contributed by atoms with Crippen molar-refractivity contribution in [3.8, 4) is 0 Å². The number of amidine groups is 1. The van der Waals surface area contributed by atoms with E-state index in [1.54, 1.807) is 6.07 Å². The van der Waals surface area contributed by atoms with Crippen LogP contribution in [0.4, 0.5) is 0 Å². The van der Waals surface area contributed by atoms with E-state index in [1.165, 1.54) is 0 Å². The van der Waals surface area contributed by atoms with E-state index in [2.05, 4.69) is 9.98 Å². The smallest absolute Gasteiger partial charge is 0.341 e. The van der Waals surface area contributed by atoms with E-state index in [0.717, 1.165) is 22.5 Å². The van der Waals surface area contributed by atoms with Crippen molar-refractivity contribution in [2.24, 2.45) is 4.99 Å². The largest absolute Gasteiger partial charge is 0.460 e. The van der Waals surface area contributed by atoms with E-state index in [4.69, 9.17) is 9.47 Å². The molecule has 7 nitrogen and oxygen atoms in total. The summed E-state index contributed by atoms with van der Waals surface area (Å²) in [6, 6.07) is 11.7. The Balaban J connectivity index is 1.35. The van der Waals surface area contributed by atoms with Crippen molar-refractivity contribution in [2.75, 3.05) is 13.1 Å². The number of ether oxygens (including phenoxy) is 2. The van der Waals surface area contributed by atoms with Gasteiger partial charge in [-0.2, -0.15) is 4.99 Å². The Hall–Kier alpha value is -3.22. The van der Waals surface area contributed by atoms with Crippen LogP contribution in [0.25, 0.3) is 0 Å². The number of aromatic nitrogens is 1. The molecule has 1 saturated heterocycles. The molecule has 2 aromatic rings. The van der Waals surface area contributed by atoms with Crippen molar-refractivity contribution in [1.29, 1.82) is 0 Å². The third-order valence-electron chi connectivity index (χ3n) is 5.85. The molecule has 148 valence electrons. The topological polar surface area (TPSA) is 81.1 Å². The maximum atomic E-state index is 12.4. The number of fused-ring (bicyclic) bond motifs is 3. The molecule has 0 radical (unpaired) electrons. The number of amides is 1. The van der Waals surface area contributed by atoms with Gasteiger partial charge < -0.3 is 14.4 Å². The number of aliphatic imine (C=N–C) groups is 1. The van der Waals surface area contributed by atoms with Gasteiger partial charge in [-0.05, 0) is 30.2 Å². The molecule has 7 heteroatoms. The van der Waals surface area contributed by atoms with Gasteiger partial charge >= 0.3 is 5.97 Å². The maximum absolute atomic E-state index is 12.4. The number of piperidine rings is 1. The highest BCUT2D eigenvalue weighted by atomic mass is 16.6. The summed E-state index contributed by atoms with van der Waals surface area (Å²) in [7, 11) is 0. The lowest BCUT2D eigenvalue weighted by atomic mass is 9.87. The van der Waals surface area contributed by atoms with Gasteiger partial charge in [0.05, 0.1) is 17.7 Å². The van der Waals surface area contributed by atoms with Gasteiger partial charge in [0, 0.05) is 31.6 Å². The molecule has 3 aliphatic rings. The van der Waals surface area contributed by atoms with Gasteiger partial charge in [0.2, 0.25) is 0 Å². The normalized spacial score (nSPS) is 20.2. The lowest BCUT2D eigenvalue weighted by Crippen LogP contribution is -2.46. The van der Waals surface area contributed by atoms with Gasteiger partial charge in [-0.1, -0.05) is 24.3 Å². The molecule has 1 aromatic heterocycles. The number of rotatable bonds is 0. The Morgan fingerprint density at radius 3 is 2.59 bits per heavy atom. The van der Waals surface area contributed by atoms with Crippen molar-refractivity contribution in [3.05, 3.63) is 64.5 Å². The first-order valence-corrected chi connectivity index (χ1v) is 9.82. The Bertz CT molecular complexity index is 1040. The van der Waals surface area contributed by atoms with Crippen LogP contribution in [0.5, 0.6) is 0 Å². The number of carbonyl (C=O) groups is 2. The highest BCUT2D eigenvalue weighted by molar-refractivity contribution is 5.94. The first kappa shape index (κ1) is 17.8. The Morgan fingerprint density at radius 1 is 1.03 bits per heavy atom. The lowest BCUT2D eigenvalue weighted by Gasteiger charge is -2.38. The van der Waals surface area contributed by atoms with Crippen LogP contribution in [-0.4, -0.2) is 40.9 Å². The third-order valence-corrected chi connectivity index (χ3v) is 5.85. The Kier molecular flexibility index (Phi) is 4.12. The lowest BCUT2D eigenvalue weighted by molar-refractivity contribution is -0.117. The van der Waals surface area contributed by atoms with E-state index in [1.807, 2.05) is 42.2 Å². The van der Waals surface area contributed by atoms with E-state index < -0.39 is 5.60 Å². The van der Waals surface area contributed by atoms with Crippen LogP contribution in [0.15, 0.2) is 41.4 Å². The second-order valence-corrected chi connectivity index (χ2v) is 7.74. The molecular formula is C22H21N3O4. The number of likely N-dealkylation sites (tertiary alicyclic amines) is 1. The van der Waals surface area contributed by atoms with E-state index in [0.29, 0.717) is 44.1 Å². The predicted octanol–water partition coefficient (Wildman–Crippen LogP) is 2.51. The number of aryl methyl sites for hydroxylation is 1. The van der Waals surface area contributed by atoms with Gasteiger partial charge in [-0.25, -0.2) is 4.79 Å². The van der Waals surface area contributed by atoms with Gasteiger partial charge in [0.25, 0.3) is 11.9 Å². The number of carbonyl (C=O) groups excluding carboxylic acids is 2. The fourth-order valence-corrected chi connectivity index (χ4v) is 4.26. The molecular weight excluding hydrogens is 370 g/mol.